The Bertz CT molecular complexity index is 1510. The molecular formula is C23H22FN7O. The summed E-state index contributed by atoms with van der Waals surface area (Å²) in [6.07, 6.45) is 3.30. The average molecular weight is 431 g/mol. The van der Waals surface area contributed by atoms with Crippen molar-refractivity contribution in [3.8, 4) is 11.5 Å². The minimum absolute atomic E-state index is 0.0784. The lowest BCUT2D eigenvalue weighted by atomic mass is 9.97. The Hall–Kier alpha value is -3.88. The van der Waals surface area contributed by atoms with Crippen molar-refractivity contribution in [2.45, 2.75) is 33.9 Å². The number of imidazole rings is 1. The number of halogens is 1. The van der Waals surface area contributed by atoms with Gasteiger partial charge in [-0.3, -0.25) is 9.55 Å². The Morgan fingerprint density at radius 1 is 1.09 bits per heavy atom. The summed E-state index contributed by atoms with van der Waals surface area (Å²) in [5.41, 5.74) is 2.42. The van der Waals surface area contributed by atoms with Gasteiger partial charge in [0.2, 0.25) is 0 Å². The first-order valence-corrected chi connectivity index (χ1v) is 10.3. The molecule has 0 fully saturated rings. The number of aromatic amines is 1. The minimum atomic E-state index is -0.302. The van der Waals surface area contributed by atoms with Gasteiger partial charge < -0.3 is 0 Å². The van der Waals surface area contributed by atoms with E-state index in [4.69, 9.17) is 0 Å². The molecule has 0 spiro atoms. The smallest absolute Gasteiger partial charge is 0.290 e. The highest BCUT2D eigenvalue weighted by molar-refractivity contribution is 5.90. The van der Waals surface area contributed by atoms with Gasteiger partial charge in [0.05, 0.1) is 18.1 Å². The number of pyridine rings is 1. The summed E-state index contributed by atoms with van der Waals surface area (Å²) in [6, 6.07) is 10.3. The predicted molar refractivity (Wildman–Crippen MR) is 120 cm³/mol. The highest BCUT2D eigenvalue weighted by Crippen LogP contribution is 2.26. The number of nitrogens with zero attached hydrogens (tertiary/aromatic N) is 6. The van der Waals surface area contributed by atoms with E-state index in [1.807, 2.05) is 6.07 Å². The second-order valence-corrected chi connectivity index (χ2v) is 8.98. The van der Waals surface area contributed by atoms with Gasteiger partial charge in [0.1, 0.15) is 17.0 Å². The molecule has 0 aliphatic heterocycles. The summed E-state index contributed by atoms with van der Waals surface area (Å²) in [7, 11) is 0. The van der Waals surface area contributed by atoms with Gasteiger partial charge in [0, 0.05) is 18.3 Å². The Balaban J connectivity index is 1.62. The van der Waals surface area contributed by atoms with E-state index in [9.17, 15) is 9.18 Å². The van der Waals surface area contributed by atoms with Gasteiger partial charge in [-0.2, -0.15) is 5.10 Å². The second kappa shape index (κ2) is 7.37. The maximum absolute atomic E-state index is 14.2. The van der Waals surface area contributed by atoms with Gasteiger partial charge in [-0.25, -0.2) is 28.8 Å². The number of nitrogens with one attached hydrogen (secondary N) is 1. The predicted octanol–water partition coefficient (Wildman–Crippen LogP) is 3.76. The molecule has 0 saturated carbocycles. The van der Waals surface area contributed by atoms with Crippen molar-refractivity contribution in [2.24, 2.45) is 5.41 Å². The van der Waals surface area contributed by atoms with Gasteiger partial charge in [0.15, 0.2) is 17.1 Å². The van der Waals surface area contributed by atoms with E-state index in [1.54, 1.807) is 45.9 Å². The third-order valence-electron chi connectivity index (χ3n) is 5.16. The fourth-order valence-corrected chi connectivity index (χ4v) is 3.76. The van der Waals surface area contributed by atoms with Crippen LogP contribution in [0.5, 0.6) is 0 Å². The van der Waals surface area contributed by atoms with Crippen LogP contribution in [0.2, 0.25) is 0 Å². The third kappa shape index (κ3) is 3.55. The maximum Gasteiger partial charge on any atom is 0.327 e. The van der Waals surface area contributed by atoms with E-state index in [-0.39, 0.29) is 23.5 Å². The number of rotatable bonds is 4. The van der Waals surface area contributed by atoms with Crippen LogP contribution in [0.15, 0.2) is 53.6 Å². The van der Waals surface area contributed by atoms with Crippen molar-refractivity contribution in [3.63, 3.8) is 0 Å². The molecule has 9 heteroatoms. The lowest BCUT2D eigenvalue weighted by Gasteiger charge is -2.18. The lowest BCUT2D eigenvalue weighted by molar-refractivity contribution is 0.344. The van der Waals surface area contributed by atoms with Gasteiger partial charge in [-0.15, -0.1) is 0 Å². The zero-order valence-corrected chi connectivity index (χ0v) is 18.0. The maximum atomic E-state index is 14.2. The van der Waals surface area contributed by atoms with Gasteiger partial charge >= 0.3 is 5.69 Å². The van der Waals surface area contributed by atoms with Crippen molar-refractivity contribution < 1.29 is 4.39 Å². The number of hydrogen-bond donors (Lipinski definition) is 1. The van der Waals surface area contributed by atoms with Crippen molar-refractivity contribution in [1.29, 1.82) is 0 Å². The van der Waals surface area contributed by atoms with Crippen LogP contribution >= 0.6 is 0 Å². The Morgan fingerprint density at radius 3 is 2.69 bits per heavy atom. The molecule has 0 atom stereocenters. The third-order valence-corrected chi connectivity index (χ3v) is 5.16. The fourth-order valence-electron chi connectivity index (χ4n) is 3.76. The molecule has 1 aromatic carbocycles. The Kier molecular flexibility index (Phi) is 4.61. The van der Waals surface area contributed by atoms with E-state index in [0.717, 1.165) is 5.39 Å². The van der Waals surface area contributed by atoms with Crippen molar-refractivity contribution >= 4 is 22.2 Å². The molecule has 0 unspecified atom stereocenters. The fraction of sp³-hybridized carbons (Fsp3) is 0.261. The topological polar surface area (TPSA) is 94.3 Å². The monoisotopic (exact) mass is 431 g/mol. The van der Waals surface area contributed by atoms with Gasteiger partial charge in [0.25, 0.3) is 0 Å². The molecule has 0 amide bonds. The summed E-state index contributed by atoms with van der Waals surface area (Å²) in [4.78, 5) is 28.8. The molecular weight excluding hydrogens is 409 g/mol. The first-order chi connectivity index (χ1) is 15.3. The van der Waals surface area contributed by atoms with Crippen LogP contribution in [0.3, 0.4) is 0 Å². The summed E-state index contributed by atoms with van der Waals surface area (Å²) in [5, 5.41) is 5.40. The SMILES string of the molecule is CC(C)(C)Cn1c(=O)[nH]c2nc(-c3nn(Cc4ccccc4F)c4ncccc34)ncc21. The van der Waals surface area contributed by atoms with Crippen LogP contribution in [0, 0.1) is 11.2 Å². The second-order valence-electron chi connectivity index (χ2n) is 8.98. The Labute approximate surface area is 182 Å². The number of H-pyrrole nitrogens is 1. The molecule has 4 heterocycles. The van der Waals surface area contributed by atoms with E-state index < -0.39 is 0 Å². The van der Waals surface area contributed by atoms with Crippen molar-refractivity contribution in [3.05, 3.63) is 70.7 Å². The molecule has 1 N–H and O–H groups in total. The minimum Gasteiger partial charge on any atom is -0.290 e. The van der Waals surface area contributed by atoms with Crippen molar-refractivity contribution in [2.75, 3.05) is 0 Å². The lowest BCUT2D eigenvalue weighted by Crippen LogP contribution is -2.24. The molecule has 8 nitrogen and oxygen atoms in total. The molecule has 0 bridgehead atoms. The molecule has 5 aromatic rings. The highest BCUT2D eigenvalue weighted by atomic mass is 19.1. The molecule has 0 aliphatic rings. The van der Waals surface area contributed by atoms with Crippen LogP contribution in [0.4, 0.5) is 4.39 Å². The van der Waals surface area contributed by atoms with Crippen LogP contribution in [0.1, 0.15) is 26.3 Å². The highest BCUT2D eigenvalue weighted by Gasteiger charge is 2.20. The standard InChI is InChI=1S/C23H22FN7O/c1-23(2,3)13-30-17-11-26-20(27-19(17)28-22(30)32)18-15-8-6-10-25-21(15)31(29-18)12-14-7-4-5-9-16(14)24/h4-11H,12-13H2,1-3H3,(H,26,27,28,32). The Morgan fingerprint density at radius 2 is 1.91 bits per heavy atom. The van der Waals surface area contributed by atoms with Crippen LogP contribution < -0.4 is 5.69 Å². The van der Waals surface area contributed by atoms with Crippen molar-refractivity contribution in [1.82, 2.24) is 34.3 Å². The first-order valence-electron chi connectivity index (χ1n) is 10.3. The summed E-state index contributed by atoms with van der Waals surface area (Å²) in [6.45, 7) is 6.96. The number of benzene rings is 1. The van der Waals surface area contributed by atoms with Crippen LogP contribution in [-0.4, -0.2) is 34.3 Å². The molecule has 5 rings (SSSR count). The zero-order chi connectivity index (χ0) is 22.5. The quantitative estimate of drug-likeness (QED) is 0.468. The van der Waals surface area contributed by atoms with Crippen LogP contribution in [-0.2, 0) is 13.1 Å². The van der Waals surface area contributed by atoms with E-state index in [1.165, 1.54) is 6.07 Å². The summed E-state index contributed by atoms with van der Waals surface area (Å²) >= 11 is 0. The zero-order valence-electron chi connectivity index (χ0n) is 18.0. The summed E-state index contributed by atoms with van der Waals surface area (Å²) in [5.74, 6) is 0.0657. The first kappa shape index (κ1) is 20.0. The number of hydrogen-bond acceptors (Lipinski definition) is 5. The van der Waals surface area contributed by atoms with E-state index in [0.29, 0.717) is 40.4 Å². The molecule has 32 heavy (non-hydrogen) atoms. The van der Waals surface area contributed by atoms with E-state index >= 15 is 0 Å². The summed E-state index contributed by atoms with van der Waals surface area (Å²) < 4.78 is 17.5. The molecule has 0 radical (unpaired) electrons. The van der Waals surface area contributed by atoms with E-state index in [2.05, 4.69) is 45.8 Å². The number of aromatic nitrogens is 7. The molecule has 4 aromatic heterocycles. The van der Waals surface area contributed by atoms with Gasteiger partial charge in [-0.05, 0) is 23.6 Å². The normalized spacial score (nSPS) is 12.1. The molecule has 0 saturated heterocycles. The largest absolute Gasteiger partial charge is 0.327 e. The van der Waals surface area contributed by atoms with Crippen LogP contribution in [0.25, 0.3) is 33.7 Å². The molecule has 162 valence electrons. The molecule has 0 aliphatic carbocycles. The average Bonchev–Trinajstić information content (AvgIpc) is 3.26. The van der Waals surface area contributed by atoms with Gasteiger partial charge in [-0.1, -0.05) is 39.0 Å². The number of fused-ring (bicyclic) bond motifs is 2.